The highest BCUT2D eigenvalue weighted by Gasteiger charge is 2.04. The average Bonchev–Trinajstić information content (AvgIpc) is 2.54. The molecule has 0 atom stereocenters. The maximum Gasteiger partial charge on any atom is 0.128 e. The summed E-state index contributed by atoms with van der Waals surface area (Å²) >= 11 is 0. The molecular weight excluding hydrogens is 264 g/mol. The highest BCUT2D eigenvalue weighted by molar-refractivity contribution is 5.34. The Morgan fingerprint density at radius 1 is 1.05 bits per heavy atom. The van der Waals surface area contributed by atoms with Gasteiger partial charge in [-0.25, -0.2) is 0 Å². The van der Waals surface area contributed by atoms with Gasteiger partial charge in [0.25, 0.3) is 0 Å². The summed E-state index contributed by atoms with van der Waals surface area (Å²) in [6.45, 7) is 3.69. The van der Waals surface area contributed by atoms with Gasteiger partial charge in [-0.15, -0.1) is 0 Å². The first-order valence-electron chi connectivity index (χ1n) is 7.16. The van der Waals surface area contributed by atoms with Crippen molar-refractivity contribution in [3.05, 3.63) is 59.7 Å². The molecule has 0 aliphatic rings. The Labute approximate surface area is 126 Å². The SMILES string of the molecule is CCc1cc[c]c(OCc2ccccc2OCCOC)c1. The minimum absolute atomic E-state index is 0.465. The summed E-state index contributed by atoms with van der Waals surface area (Å²) in [4.78, 5) is 0. The van der Waals surface area contributed by atoms with Gasteiger partial charge in [-0.2, -0.15) is 0 Å². The van der Waals surface area contributed by atoms with Gasteiger partial charge in [0.15, 0.2) is 0 Å². The Hall–Kier alpha value is -2.00. The maximum atomic E-state index is 5.81. The van der Waals surface area contributed by atoms with Gasteiger partial charge in [-0.1, -0.05) is 37.3 Å². The van der Waals surface area contributed by atoms with Gasteiger partial charge >= 0.3 is 0 Å². The molecule has 0 N–H and O–H groups in total. The van der Waals surface area contributed by atoms with Crippen molar-refractivity contribution in [2.45, 2.75) is 20.0 Å². The van der Waals surface area contributed by atoms with E-state index in [-0.39, 0.29) is 0 Å². The molecule has 0 aromatic heterocycles. The van der Waals surface area contributed by atoms with Crippen LogP contribution in [0.15, 0.2) is 42.5 Å². The lowest BCUT2D eigenvalue weighted by Gasteiger charge is -2.12. The monoisotopic (exact) mass is 285 g/mol. The smallest absolute Gasteiger partial charge is 0.128 e. The molecule has 0 aliphatic heterocycles. The molecular formula is C18H21O3. The number of methoxy groups -OCH3 is 1. The van der Waals surface area contributed by atoms with Crippen molar-refractivity contribution < 1.29 is 14.2 Å². The van der Waals surface area contributed by atoms with Crippen LogP contribution in [0, 0.1) is 6.07 Å². The van der Waals surface area contributed by atoms with Crippen LogP contribution >= 0.6 is 0 Å². The van der Waals surface area contributed by atoms with Crippen LogP contribution in [0.2, 0.25) is 0 Å². The average molecular weight is 285 g/mol. The van der Waals surface area contributed by atoms with Crippen LogP contribution in [-0.4, -0.2) is 20.3 Å². The van der Waals surface area contributed by atoms with Crippen molar-refractivity contribution >= 4 is 0 Å². The molecule has 0 saturated carbocycles. The molecule has 3 nitrogen and oxygen atoms in total. The summed E-state index contributed by atoms with van der Waals surface area (Å²) in [6.07, 6.45) is 0.988. The van der Waals surface area contributed by atoms with Crippen molar-refractivity contribution in [3.63, 3.8) is 0 Å². The number of para-hydroxylation sites is 1. The zero-order chi connectivity index (χ0) is 14.9. The predicted octanol–water partition coefficient (Wildman–Crippen LogP) is 3.65. The molecule has 111 valence electrons. The van der Waals surface area contributed by atoms with Crippen LogP contribution in [0.5, 0.6) is 11.5 Å². The fourth-order valence-electron chi connectivity index (χ4n) is 1.95. The highest BCUT2D eigenvalue weighted by atomic mass is 16.5. The third-order valence-electron chi connectivity index (χ3n) is 3.15. The molecule has 0 aliphatic carbocycles. The summed E-state index contributed by atoms with van der Waals surface area (Å²) in [6, 6.07) is 17.0. The third-order valence-corrected chi connectivity index (χ3v) is 3.15. The van der Waals surface area contributed by atoms with Gasteiger partial charge in [0.2, 0.25) is 0 Å². The quantitative estimate of drug-likeness (QED) is 0.693. The van der Waals surface area contributed by atoms with E-state index < -0.39 is 0 Å². The molecule has 2 aromatic rings. The Balaban J connectivity index is 1.98. The van der Waals surface area contributed by atoms with Crippen molar-refractivity contribution in [1.29, 1.82) is 0 Å². The highest BCUT2D eigenvalue weighted by Crippen LogP contribution is 2.21. The lowest BCUT2D eigenvalue weighted by Crippen LogP contribution is -2.07. The van der Waals surface area contributed by atoms with Gasteiger partial charge < -0.3 is 14.2 Å². The van der Waals surface area contributed by atoms with Crippen molar-refractivity contribution in [3.8, 4) is 11.5 Å². The molecule has 0 fully saturated rings. The van der Waals surface area contributed by atoms with Crippen molar-refractivity contribution in [2.75, 3.05) is 20.3 Å². The first-order valence-corrected chi connectivity index (χ1v) is 7.16. The second-order valence-corrected chi connectivity index (χ2v) is 4.65. The van der Waals surface area contributed by atoms with Gasteiger partial charge in [0.05, 0.1) is 6.61 Å². The van der Waals surface area contributed by atoms with E-state index in [1.165, 1.54) is 5.56 Å². The standard InChI is InChI=1S/C18H21O3/c1-3-15-7-6-9-17(13-15)21-14-16-8-4-5-10-18(16)20-12-11-19-2/h4-8,10,13H,3,11-12,14H2,1-2H3. The van der Waals surface area contributed by atoms with E-state index in [0.29, 0.717) is 19.8 Å². The lowest BCUT2D eigenvalue weighted by molar-refractivity contribution is 0.144. The van der Waals surface area contributed by atoms with Crippen LogP contribution in [0.4, 0.5) is 0 Å². The molecule has 0 heterocycles. The first-order chi connectivity index (χ1) is 10.3. The zero-order valence-electron chi connectivity index (χ0n) is 12.6. The molecule has 2 rings (SSSR count). The topological polar surface area (TPSA) is 27.7 Å². The van der Waals surface area contributed by atoms with Gasteiger partial charge in [-0.3, -0.25) is 0 Å². The summed E-state index contributed by atoms with van der Waals surface area (Å²) in [7, 11) is 1.66. The van der Waals surface area contributed by atoms with Crippen molar-refractivity contribution in [2.24, 2.45) is 0 Å². The summed E-state index contributed by atoms with van der Waals surface area (Å²) < 4.78 is 16.5. The van der Waals surface area contributed by atoms with Crippen LogP contribution in [-0.2, 0) is 17.8 Å². The molecule has 1 radical (unpaired) electrons. The summed E-state index contributed by atoms with van der Waals surface area (Å²) in [5.74, 6) is 1.60. The van der Waals surface area contributed by atoms with E-state index in [1.54, 1.807) is 7.11 Å². The normalized spacial score (nSPS) is 10.4. The van der Waals surface area contributed by atoms with Gasteiger partial charge in [-0.05, 0) is 24.1 Å². The number of rotatable bonds is 8. The third kappa shape index (κ3) is 4.80. The molecule has 0 unspecified atom stereocenters. The molecule has 0 bridgehead atoms. The minimum atomic E-state index is 0.465. The van der Waals surface area contributed by atoms with E-state index in [0.717, 1.165) is 23.5 Å². The molecule has 3 heteroatoms. The van der Waals surface area contributed by atoms with Crippen LogP contribution in [0.1, 0.15) is 18.1 Å². The van der Waals surface area contributed by atoms with E-state index in [4.69, 9.17) is 14.2 Å². The number of benzene rings is 2. The number of hydrogen-bond acceptors (Lipinski definition) is 3. The molecule has 0 spiro atoms. The Morgan fingerprint density at radius 2 is 1.90 bits per heavy atom. The number of ether oxygens (including phenoxy) is 3. The van der Waals surface area contributed by atoms with E-state index in [9.17, 15) is 0 Å². The van der Waals surface area contributed by atoms with E-state index in [2.05, 4.69) is 19.1 Å². The van der Waals surface area contributed by atoms with Crippen LogP contribution in [0.25, 0.3) is 0 Å². The zero-order valence-corrected chi connectivity index (χ0v) is 12.6. The minimum Gasteiger partial charge on any atom is -0.491 e. The van der Waals surface area contributed by atoms with Crippen LogP contribution in [0.3, 0.4) is 0 Å². The first kappa shape index (κ1) is 15.4. The summed E-state index contributed by atoms with van der Waals surface area (Å²) in [5.41, 5.74) is 2.26. The fraction of sp³-hybridized carbons (Fsp3) is 0.333. The van der Waals surface area contributed by atoms with Crippen molar-refractivity contribution in [1.82, 2.24) is 0 Å². The number of aryl methyl sites for hydroxylation is 1. The molecule has 0 saturated heterocycles. The number of hydrogen-bond donors (Lipinski definition) is 0. The second kappa shape index (κ2) is 8.32. The Kier molecular flexibility index (Phi) is 6.10. The predicted molar refractivity (Wildman–Crippen MR) is 82.8 cm³/mol. The largest absolute Gasteiger partial charge is 0.491 e. The second-order valence-electron chi connectivity index (χ2n) is 4.65. The fourth-order valence-corrected chi connectivity index (χ4v) is 1.95. The molecule has 21 heavy (non-hydrogen) atoms. The van der Waals surface area contributed by atoms with Crippen LogP contribution < -0.4 is 9.47 Å². The van der Waals surface area contributed by atoms with E-state index in [1.807, 2.05) is 36.4 Å². The maximum absolute atomic E-state index is 5.81. The Bertz CT molecular complexity index is 552. The van der Waals surface area contributed by atoms with Gasteiger partial charge in [0.1, 0.15) is 24.7 Å². The van der Waals surface area contributed by atoms with Gasteiger partial charge in [0, 0.05) is 18.7 Å². The lowest BCUT2D eigenvalue weighted by atomic mass is 10.1. The molecule has 2 aromatic carbocycles. The van der Waals surface area contributed by atoms with E-state index >= 15 is 0 Å². The molecule has 0 amide bonds. The Morgan fingerprint density at radius 3 is 2.71 bits per heavy atom. The summed E-state index contributed by atoms with van der Waals surface area (Å²) in [5, 5.41) is 0.